The van der Waals surface area contributed by atoms with E-state index in [1.54, 1.807) is 18.3 Å². The van der Waals surface area contributed by atoms with Crippen molar-refractivity contribution in [2.45, 2.75) is 37.5 Å². The molecule has 1 unspecified atom stereocenters. The van der Waals surface area contributed by atoms with Crippen LogP contribution in [-0.4, -0.2) is 59.6 Å². The van der Waals surface area contributed by atoms with E-state index in [0.29, 0.717) is 51.6 Å². The standard InChI is InChI=1S/C23H23Cl2N5O6S2/c24-19-6-14-11(7-28-19)1-2-35-21(14)15-5-18(37-22(15)25)20(32)16-8-27-10-29-23(16)30-13-3-12(17(31)4-13)9-36-38(26,33)34/h5-8,10,12-13,17,21,31H,1-4,9H2,(H2,26,33,34)(H,27,29,30)/t12-,13-,17+,21?/m1/s1. The molecule has 1 saturated carbocycles. The summed E-state index contributed by atoms with van der Waals surface area (Å²) in [6.07, 6.45) is 4.55. The molecule has 1 aliphatic carbocycles. The lowest BCUT2D eigenvalue weighted by atomic mass is 9.96. The molecule has 0 bridgehead atoms. The monoisotopic (exact) mass is 599 g/mol. The smallest absolute Gasteiger partial charge is 0.333 e. The number of nitrogens with zero attached hydrogens (tertiary/aromatic N) is 3. The van der Waals surface area contributed by atoms with Crippen LogP contribution in [0.1, 0.15) is 50.9 Å². The molecule has 0 saturated heterocycles. The molecule has 0 aromatic carbocycles. The fourth-order valence-corrected chi connectivity index (χ4v) is 6.55. The van der Waals surface area contributed by atoms with Crippen LogP contribution >= 0.6 is 34.5 Å². The highest BCUT2D eigenvalue weighted by molar-refractivity contribution is 7.84. The zero-order valence-corrected chi connectivity index (χ0v) is 22.9. The largest absolute Gasteiger partial charge is 0.393 e. The highest BCUT2D eigenvalue weighted by atomic mass is 35.5. The summed E-state index contributed by atoms with van der Waals surface area (Å²) in [6, 6.07) is 3.18. The number of halogens is 2. The number of aliphatic hydroxyl groups excluding tert-OH is 1. The molecule has 4 N–H and O–H groups in total. The number of nitrogens with one attached hydrogen (secondary N) is 1. The van der Waals surface area contributed by atoms with Crippen LogP contribution in [0.4, 0.5) is 5.82 Å². The van der Waals surface area contributed by atoms with E-state index in [-0.39, 0.29) is 24.0 Å². The molecular formula is C23H23Cl2N5O6S2. The quantitative estimate of drug-likeness (QED) is 0.258. The molecule has 202 valence electrons. The van der Waals surface area contributed by atoms with Crippen molar-refractivity contribution in [3.05, 3.63) is 67.5 Å². The number of carbonyl (C=O) groups is 1. The third-order valence-corrected chi connectivity index (χ3v) is 8.61. The zero-order valence-electron chi connectivity index (χ0n) is 19.7. The predicted octanol–water partition coefficient (Wildman–Crippen LogP) is 2.90. The van der Waals surface area contributed by atoms with E-state index < -0.39 is 28.4 Å². The number of carbonyl (C=O) groups excluding carboxylic acids is 1. The van der Waals surface area contributed by atoms with Crippen molar-refractivity contribution in [2.24, 2.45) is 11.1 Å². The Morgan fingerprint density at radius 2 is 2.05 bits per heavy atom. The Kier molecular flexibility index (Phi) is 7.99. The van der Waals surface area contributed by atoms with Gasteiger partial charge in [-0.05, 0) is 42.5 Å². The van der Waals surface area contributed by atoms with E-state index in [4.69, 9.17) is 33.1 Å². The molecule has 4 heterocycles. The number of ketones is 1. The number of nitrogens with two attached hydrogens (primary N) is 1. The van der Waals surface area contributed by atoms with Gasteiger partial charge in [0.05, 0.1) is 34.1 Å². The predicted molar refractivity (Wildman–Crippen MR) is 141 cm³/mol. The maximum absolute atomic E-state index is 13.5. The number of rotatable bonds is 8. The first-order valence-corrected chi connectivity index (χ1v) is 14.6. The number of aromatic nitrogens is 3. The average molecular weight is 601 g/mol. The molecule has 11 nitrogen and oxygen atoms in total. The SMILES string of the molecule is NS(=O)(=O)OC[C@H]1C[C@@H](Nc2ncncc2C(=O)c2cc(C3OCCc4cnc(Cl)cc43)c(Cl)s2)C[C@@H]1O. The number of fused-ring (bicyclic) bond motifs is 1. The molecule has 38 heavy (non-hydrogen) atoms. The van der Waals surface area contributed by atoms with Crippen LogP contribution in [0.15, 0.2) is 30.9 Å². The van der Waals surface area contributed by atoms with Crippen molar-refractivity contribution in [3.8, 4) is 0 Å². The molecule has 2 aliphatic rings. The van der Waals surface area contributed by atoms with Crippen LogP contribution in [0.3, 0.4) is 0 Å². The summed E-state index contributed by atoms with van der Waals surface area (Å²) in [5, 5.41) is 18.8. The molecule has 0 amide bonds. The zero-order chi connectivity index (χ0) is 27.0. The summed E-state index contributed by atoms with van der Waals surface area (Å²) in [7, 11) is -4.11. The topological polar surface area (TPSA) is 167 Å². The van der Waals surface area contributed by atoms with E-state index in [9.17, 15) is 18.3 Å². The molecule has 3 aromatic rings. The highest BCUT2D eigenvalue weighted by Gasteiger charge is 2.35. The third kappa shape index (κ3) is 6.00. The fraction of sp³-hybridized carbons (Fsp3) is 0.391. The summed E-state index contributed by atoms with van der Waals surface area (Å²) < 4.78 is 33.3. The number of thiophene rings is 1. The van der Waals surface area contributed by atoms with Crippen molar-refractivity contribution in [3.63, 3.8) is 0 Å². The lowest BCUT2D eigenvalue weighted by Crippen LogP contribution is -2.24. The summed E-state index contributed by atoms with van der Waals surface area (Å²) in [5.41, 5.74) is 2.76. The lowest BCUT2D eigenvalue weighted by Gasteiger charge is -2.25. The minimum atomic E-state index is -4.11. The van der Waals surface area contributed by atoms with E-state index >= 15 is 0 Å². The number of hydrogen-bond donors (Lipinski definition) is 3. The summed E-state index contributed by atoms with van der Waals surface area (Å²) in [6.45, 7) is 0.241. The lowest BCUT2D eigenvalue weighted by molar-refractivity contribution is 0.0699. The maximum atomic E-state index is 13.5. The number of aliphatic hydroxyl groups is 1. The molecule has 1 aliphatic heterocycles. The van der Waals surface area contributed by atoms with E-state index in [0.717, 1.165) is 22.5 Å². The van der Waals surface area contributed by atoms with Gasteiger partial charge in [-0.1, -0.05) is 23.2 Å². The number of pyridine rings is 1. The Labute approximate surface area is 232 Å². The summed E-state index contributed by atoms with van der Waals surface area (Å²) in [5.74, 6) is -0.492. The normalized spacial score (nSPS) is 23.3. The number of hydrogen-bond acceptors (Lipinski definition) is 11. The van der Waals surface area contributed by atoms with Gasteiger partial charge in [-0.3, -0.25) is 8.98 Å². The van der Waals surface area contributed by atoms with Crippen molar-refractivity contribution in [2.75, 3.05) is 18.5 Å². The Balaban J connectivity index is 1.35. The first kappa shape index (κ1) is 27.3. The van der Waals surface area contributed by atoms with Gasteiger partial charge < -0.3 is 15.2 Å². The third-order valence-electron chi connectivity index (χ3n) is 6.55. The molecule has 0 radical (unpaired) electrons. The van der Waals surface area contributed by atoms with Gasteiger partial charge in [-0.2, -0.15) is 8.42 Å². The molecule has 5 rings (SSSR count). The molecule has 0 spiro atoms. The molecule has 3 aromatic heterocycles. The van der Waals surface area contributed by atoms with Gasteiger partial charge in [-0.15, -0.1) is 11.3 Å². The maximum Gasteiger partial charge on any atom is 0.333 e. The van der Waals surface area contributed by atoms with Gasteiger partial charge in [0.15, 0.2) is 0 Å². The minimum absolute atomic E-state index is 0.230. The van der Waals surface area contributed by atoms with Crippen molar-refractivity contribution in [1.82, 2.24) is 15.0 Å². The Morgan fingerprint density at radius 1 is 1.24 bits per heavy atom. The Hall–Kier alpha value is -2.23. The summed E-state index contributed by atoms with van der Waals surface area (Å²) in [4.78, 5) is 26.3. The van der Waals surface area contributed by atoms with Gasteiger partial charge in [0.25, 0.3) is 0 Å². The molecular weight excluding hydrogens is 577 g/mol. The van der Waals surface area contributed by atoms with Crippen LogP contribution in [0, 0.1) is 5.92 Å². The molecule has 4 atom stereocenters. The Morgan fingerprint density at radius 3 is 2.84 bits per heavy atom. The van der Waals surface area contributed by atoms with Crippen LogP contribution in [0.2, 0.25) is 9.49 Å². The second kappa shape index (κ2) is 11.1. The molecule has 15 heteroatoms. The average Bonchev–Trinajstić information content (AvgIpc) is 3.43. The van der Waals surface area contributed by atoms with Gasteiger partial charge >= 0.3 is 10.3 Å². The first-order valence-electron chi connectivity index (χ1n) is 11.6. The van der Waals surface area contributed by atoms with Crippen molar-refractivity contribution < 1.29 is 27.2 Å². The van der Waals surface area contributed by atoms with Gasteiger partial charge in [0.2, 0.25) is 5.78 Å². The fourth-order valence-electron chi connectivity index (χ4n) is 4.75. The second-order valence-corrected chi connectivity index (χ2v) is 12.3. The second-order valence-electron chi connectivity index (χ2n) is 9.08. The van der Waals surface area contributed by atoms with Crippen molar-refractivity contribution in [1.29, 1.82) is 0 Å². The van der Waals surface area contributed by atoms with Crippen molar-refractivity contribution >= 4 is 56.4 Å². The van der Waals surface area contributed by atoms with Gasteiger partial charge in [0.1, 0.15) is 23.4 Å². The summed E-state index contributed by atoms with van der Waals surface area (Å²) >= 11 is 13.8. The number of ether oxygens (including phenoxy) is 1. The van der Waals surface area contributed by atoms with E-state index in [1.807, 2.05) is 0 Å². The van der Waals surface area contributed by atoms with Crippen LogP contribution in [-0.2, 0) is 25.6 Å². The molecule has 1 fully saturated rings. The van der Waals surface area contributed by atoms with Gasteiger partial charge in [0, 0.05) is 29.9 Å². The van der Waals surface area contributed by atoms with Crippen LogP contribution in [0.5, 0.6) is 0 Å². The van der Waals surface area contributed by atoms with Gasteiger partial charge in [-0.25, -0.2) is 20.1 Å². The first-order chi connectivity index (χ1) is 18.1. The van der Waals surface area contributed by atoms with Crippen LogP contribution in [0.25, 0.3) is 0 Å². The number of anilines is 1. The highest BCUT2D eigenvalue weighted by Crippen LogP contribution is 2.41. The minimum Gasteiger partial charge on any atom is -0.393 e. The van der Waals surface area contributed by atoms with Crippen LogP contribution < -0.4 is 10.5 Å². The van der Waals surface area contributed by atoms with E-state index in [2.05, 4.69) is 24.5 Å². The van der Waals surface area contributed by atoms with E-state index in [1.165, 1.54) is 12.5 Å². The Bertz CT molecular complexity index is 1470.